The summed E-state index contributed by atoms with van der Waals surface area (Å²) in [7, 11) is 1.59. The van der Waals surface area contributed by atoms with Crippen LogP contribution in [0.3, 0.4) is 0 Å². The van der Waals surface area contributed by atoms with Crippen LogP contribution >= 0.6 is 11.6 Å². The van der Waals surface area contributed by atoms with E-state index in [0.717, 1.165) is 0 Å². The van der Waals surface area contributed by atoms with Crippen molar-refractivity contribution in [1.29, 1.82) is 0 Å². The summed E-state index contributed by atoms with van der Waals surface area (Å²) in [4.78, 5) is 24.2. The highest BCUT2D eigenvalue weighted by Gasteiger charge is 2.22. The fourth-order valence-corrected chi connectivity index (χ4v) is 2.28. The molecule has 8 heteroatoms. The Balaban J connectivity index is 2.25. The van der Waals surface area contributed by atoms with Crippen molar-refractivity contribution >= 4 is 23.2 Å². The molecular formula is C14H14ClN3O4. The molecule has 2 rings (SSSR count). The Morgan fingerprint density at radius 1 is 1.45 bits per heavy atom. The van der Waals surface area contributed by atoms with Gasteiger partial charge in [-0.15, -0.1) is 0 Å². The second kappa shape index (κ2) is 6.15. The van der Waals surface area contributed by atoms with E-state index < -0.39 is 4.92 Å². The Hall–Kier alpha value is -2.41. The number of amides is 1. The van der Waals surface area contributed by atoms with Gasteiger partial charge in [0.25, 0.3) is 11.6 Å². The summed E-state index contributed by atoms with van der Waals surface area (Å²) in [6, 6.07) is 4.13. The van der Waals surface area contributed by atoms with E-state index in [1.807, 2.05) is 0 Å². The summed E-state index contributed by atoms with van der Waals surface area (Å²) < 4.78 is 4.98. The molecule has 1 heterocycles. The number of carbonyl (C=O) groups excluding carboxylic acids is 1. The van der Waals surface area contributed by atoms with Gasteiger partial charge in [-0.05, 0) is 25.5 Å². The number of nitro groups is 1. The third-order valence-corrected chi connectivity index (χ3v) is 3.61. The van der Waals surface area contributed by atoms with Gasteiger partial charge in [0, 0.05) is 30.7 Å². The molecule has 0 N–H and O–H groups in total. The van der Waals surface area contributed by atoms with E-state index in [9.17, 15) is 14.9 Å². The number of aryl methyl sites for hydroxylation is 2. The molecule has 116 valence electrons. The quantitative estimate of drug-likeness (QED) is 0.637. The van der Waals surface area contributed by atoms with E-state index in [2.05, 4.69) is 5.16 Å². The number of nitrogens with zero attached hydrogens (tertiary/aromatic N) is 3. The fraction of sp³-hybridized carbons (Fsp3) is 0.286. The minimum atomic E-state index is -0.504. The summed E-state index contributed by atoms with van der Waals surface area (Å²) in [5.74, 6) is 0.151. The molecule has 0 atom stereocenters. The summed E-state index contributed by atoms with van der Waals surface area (Å²) >= 11 is 6.05. The zero-order valence-corrected chi connectivity index (χ0v) is 13.0. The number of aromatic nitrogens is 1. The van der Waals surface area contributed by atoms with Crippen molar-refractivity contribution in [3.8, 4) is 0 Å². The van der Waals surface area contributed by atoms with Crippen LogP contribution in [-0.4, -0.2) is 27.9 Å². The second-order valence-electron chi connectivity index (χ2n) is 4.89. The maximum Gasteiger partial charge on any atom is 0.269 e. The Labute approximate surface area is 131 Å². The third-order valence-electron chi connectivity index (χ3n) is 3.24. The van der Waals surface area contributed by atoms with Crippen LogP contribution in [0.1, 0.15) is 27.4 Å². The highest BCUT2D eigenvalue weighted by Crippen LogP contribution is 2.24. The van der Waals surface area contributed by atoms with Gasteiger partial charge in [0.2, 0.25) is 0 Å². The normalized spacial score (nSPS) is 10.5. The van der Waals surface area contributed by atoms with Crippen molar-refractivity contribution in [3.63, 3.8) is 0 Å². The molecule has 0 aliphatic carbocycles. The first-order valence-corrected chi connectivity index (χ1v) is 6.80. The topological polar surface area (TPSA) is 89.5 Å². The Morgan fingerprint density at radius 2 is 2.14 bits per heavy atom. The largest absolute Gasteiger partial charge is 0.361 e. The van der Waals surface area contributed by atoms with E-state index in [0.29, 0.717) is 27.6 Å². The lowest BCUT2D eigenvalue weighted by Gasteiger charge is -2.17. The lowest BCUT2D eigenvalue weighted by Crippen LogP contribution is -2.27. The molecule has 0 bridgehead atoms. The zero-order chi connectivity index (χ0) is 16.4. The molecule has 7 nitrogen and oxygen atoms in total. The highest BCUT2D eigenvalue weighted by atomic mass is 35.5. The van der Waals surface area contributed by atoms with Crippen LogP contribution in [-0.2, 0) is 6.54 Å². The average Bonchev–Trinajstić information content (AvgIpc) is 2.79. The number of benzene rings is 1. The number of hydrogen-bond donors (Lipinski definition) is 0. The number of hydrogen-bond acceptors (Lipinski definition) is 5. The Morgan fingerprint density at radius 3 is 2.68 bits per heavy atom. The first kappa shape index (κ1) is 16.0. The van der Waals surface area contributed by atoms with Crippen LogP contribution in [0.4, 0.5) is 5.69 Å². The minimum absolute atomic E-state index is 0.0717. The first-order valence-electron chi connectivity index (χ1n) is 6.42. The summed E-state index contributed by atoms with van der Waals surface area (Å²) in [5, 5.41) is 14.9. The maximum atomic E-state index is 12.4. The fourth-order valence-electron chi connectivity index (χ4n) is 2.10. The van der Waals surface area contributed by atoms with E-state index in [-0.39, 0.29) is 18.1 Å². The smallest absolute Gasteiger partial charge is 0.269 e. The molecule has 0 unspecified atom stereocenters. The molecule has 0 fully saturated rings. The van der Waals surface area contributed by atoms with Crippen LogP contribution in [0.5, 0.6) is 0 Å². The molecule has 0 radical (unpaired) electrons. The number of rotatable bonds is 4. The predicted octanol–water partition coefficient (Wildman–Crippen LogP) is 3.13. The SMILES string of the molecule is Cc1noc(C)c1C(=O)N(C)Cc1cc([N+](=O)[O-])ccc1Cl. The van der Waals surface area contributed by atoms with Crippen molar-refractivity contribution in [2.45, 2.75) is 20.4 Å². The molecule has 0 aliphatic rings. The Bertz CT molecular complexity index is 722. The van der Waals surface area contributed by atoms with Gasteiger partial charge in [-0.25, -0.2) is 0 Å². The van der Waals surface area contributed by atoms with Crippen LogP contribution in [0, 0.1) is 24.0 Å². The molecule has 1 aromatic carbocycles. The zero-order valence-electron chi connectivity index (χ0n) is 12.3. The van der Waals surface area contributed by atoms with Crippen molar-refractivity contribution < 1.29 is 14.2 Å². The third kappa shape index (κ3) is 3.09. The standard InChI is InChI=1S/C14H14ClN3O4/c1-8-13(9(2)22-16-8)14(19)17(3)7-10-6-11(18(20)21)4-5-12(10)15/h4-6H,7H2,1-3H3. The van der Waals surface area contributed by atoms with Gasteiger partial charge in [-0.2, -0.15) is 0 Å². The molecule has 22 heavy (non-hydrogen) atoms. The number of halogens is 1. The second-order valence-corrected chi connectivity index (χ2v) is 5.30. The predicted molar refractivity (Wildman–Crippen MR) is 79.9 cm³/mol. The molecule has 1 amide bonds. The molecular weight excluding hydrogens is 310 g/mol. The molecule has 1 aromatic heterocycles. The summed E-state index contributed by atoms with van der Waals surface area (Å²) in [5.41, 5.74) is 1.32. The van der Waals surface area contributed by atoms with E-state index in [1.54, 1.807) is 20.9 Å². The van der Waals surface area contributed by atoms with Crippen LogP contribution in [0.2, 0.25) is 5.02 Å². The molecule has 0 saturated heterocycles. The van der Waals surface area contributed by atoms with Gasteiger partial charge in [-0.3, -0.25) is 14.9 Å². The molecule has 2 aromatic rings. The van der Waals surface area contributed by atoms with Gasteiger partial charge in [0.05, 0.1) is 10.6 Å². The van der Waals surface area contributed by atoms with E-state index in [1.165, 1.54) is 23.1 Å². The first-order chi connectivity index (χ1) is 10.3. The summed E-state index contributed by atoms with van der Waals surface area (Å²) in [6.45, 7) is 3.47. The average molecular weight is 324 g/mol. The van der Waals surface area contributed by atoms with Crippen LogP contribution in [0.25, 0.3) is 0 Å². The van der Waals surface area contributed by atoms with Gasteiger partial charge < -0.3 is 9.42 Å². The molecule has 0 aliphatic heterocycles. The van der Waals surface area contributed by atoms with E-state index in [4.69, 9.17) is 16.1 Å². The van der Waals surface area contributed by atoms with Crippen molar-refractivity contribution in [2.75, 3.05) is 7.05 Å². The highest BCUT2D eigenvalue weighted by molar-refractivity contribution is 6.31. The van der Waals surface area contributed by atoms with Gasteiger partial charge in [-0.1, -0.05) is 16.8 Å². The number of non-ortho nitro benzene ring substituents is 1. The summed E-state index contributed by atoms with van der Waals surface area (Å²) in [6.07, 6.45) is 0. The van der Waals surface area contributed by atoms with Crippen molar-refractivity contribution in [3.05, 3.63) is 55.9 Å². The van der Waals surface area contributed by atoms with Crippen LogP contribution < -0.4 is 0 Å². The minimum Gasteiger partial charge on any atom is -0.361 e. The molecule has 0 saturated carbocycles. The van der Waals surface area contributed by atoms with Gasteiger partial charge in [0.15, 0.2) is 0 Å². The maximum absolute atomic E-state index is 12.4. The number of carbonyl (C=O) groups is 1. The Kier molecular flexibility index (Phi) is 4.46. The van der Waals surface area contributed by atoms with Gasteiger partial charge in [0.1, 0.15) is 11.3 Å². The van der Waals surface area contributed by atoms with Crippen LogP contribution in [0.15, 0.2) is 22.7 Å². The molecule has 0 spiro atoms. The van der Waals surface area contributed by atoms with E-state index >= 15 is 0 Å². The van der Waals surface area contributed by atoms with Gasteiger partial charge >= 0.3 is 0 Å². The lowest BCUT2D eigenvalue weighted by molar-refractivity contribution is -0.384. The number of nitro benzene ring substituents is 1. The monoisotopic (exact) mass is 323 g/mol. The van der Waals surface area contributed by atoms with Crippen molar-refractivity contribution in [2.24, 2.45) is 0 Å². The lowest BCUT2D eigenvalue weighted by atomic mass is 10.1. The van der Waals surface area contributed by atoms with Crippen molar-refractivity contribution in [1.82, 2.24) is 10.1 Å².